The molecule has 0 unspecified atom stereocenters. The topological polar surface area (TPSA) is 95.5 Å². The van der Waals surface area contributed by atoms with Crippen molar-refractivity contribution in [2.45, 2.75) is 20.4 Å². The summed E-state index contributed by atoms with van der Waals surface area (Å²) in [6.45, 7) is 5.93. The third-order valence-corrected chi connectivity index (χ3v) is 7.28. The molecule has 0 saturated carbocycles. The molecular formula is C30H27FN8S. The molecule has 3 heterocycles. The molecule has 0 bridgehead atoms. The number of H-pyrrole nitrogens is 1. The highest BCUT2D eigenvalue weighted by molar-refractivity contribution is 7.22. The Balaban J connectivity index is 1.46. The Bertz CT molecular complexity index is 1730. The van der Waals surface area contributed by atoms with Crippen LogP contribution < -0.4 is 10.2 Å². The number of hydrogen-bond acceptors (Lipinski definition) is 8. The zero-order valence-electron chi connectivity index (χ0n) is 22.0. The number of hydrogen-bond donors (Lipinski definition) is 2. The highest BCUT2D eigenvalue weighted by Gasteiger charge is 2.18. The van der Waals surface area contributed by atoms with Gasteiger partial charge in [0.15, 0.2) is 11.0 Å². The van der Waals surface area contributed by atoms with E-state index in [1.165, 1.54) is 29.0 Å². The summed E-state index contributed by atoms with van der Waals surface area (Å²) in [6.07, 6.45) is 0. The number of nitrogens with zero attached hydrogens (tertiary/aromatic N) is 6. The van der Waals surface area contributed by atoms with Gasteiger partial charge in [-0.25, -0.2) is 19.5 Å². The van der Waals surface area contributed by atoms with Crippen molar-refractivity contribution in [2.75, 3.05) is 16.8 Å². The molecule has 2 N–H and O–H groups in total. The summed E-state index contributed by atoms with van der Waals surface area (Å²) in [5.41, 5.74) is 5.27. The van der Waals surface area contributed by atoms with Crippen LogP contribution in [0.15, 0.2) is 84.9 Å². The van der Waals surface area contributed by atoms with Gasteiger partial charge in [0.05, 0.1) is 15.9 Å². The molecule has 6 rings (SSSR count). The first-order valence-corrected chi connectivity index (χ1v) is 13.8. The maximum atomic E-state index is 13.8. The highest BCUT2D eigenvalue weighted by Crippen LogP contribution is 2.35. The van der Waals surface area contributed by atoms with Crippen molar-refractivity contribution >= 4 is 38.2 Å². The maximum Gasteiger partial charge on any atom is 0.188 e. The lowest BCUT2D eigenvalue weighted by molar-refractivity contribution is 0.605. The quantitative estimate of drug-likeness (QED) is 0.199. The molecule has 0 aliphatic rings. The summed E-state index contributed by atoms with van der Waals surface area (Å²) in [5.74, 6) is 1.53. The van der Waals surface area contributed by atoms with E-state index in [2.05, 4.69) is 73.9 Å². The second-order valence-electron chi connectivity index (χ2n) is 9.91. The van der Waals surface area contributed by atoms with Gasteiger partial charge in [-0.2, -0.15) is 0 Å². The number of pyridine rings is 1. The number of aromatic amines is 1. The first-order chi connectivity index (χ1) is 19.5. The Morgan fingerprint density at radius 2 is 1.73 bits per heavy atom. The average molecular weight is 551 g/mol. The fourth-order valence-electron chi connectivity index (χ4n) is 4.63. The molecule has 3 aromatic heterocycles. The summed E-state index contributed by atoms with van der Waals surface area (Å²) < 4.78 is 14.6. The van der Waals surface area contributed by atoms with E-state index < -0.39 is 0 Å². The first kappa shape index (κ1) is 25.6. The van der Waals surface area contributed by atoms with Crippen molar-refractivity contribution in [1.82, 2.24) is 30.6 Å². The van der Waals surface area contributed by atoms with Crippen LogP contribution in [-0.4, -0.2) is 37.1 Å². The summed E-state index contributed by atoms with van der Waals surface area (Å²) in [5, 5.41) is 18.7. The number of fused-ring (bicyclic) bond motifs is 1. The number of aromatic nitrogens is 6. The van der Waals surface area contributed by atoms with Gasteiger partial charge in [-0.05, 0) is 46.2 Å². The fourth-order valence-corrected chi connectivity index (χ4v) is 5.54. The van der Waals surface area contributed by atoms with E-state index in [1.807, 2.05) is 42.5 Å². The molecule has 0 spiro atoms. The molecule has 0 saturated heterocycles. The van der Waals surface area contributed by atoms with Gasteiger partial charge in [0, 0.05) is 36.0 Å². The van der Waals surface area contributed by atoms with Crippen molar-refractivity contribution in [3.05, 3.63) is 96.3 Å². The molecule has 40 heavy (non-hydrogen) atoms. The van der Waals surface area contributed by atoms with Crippen LogP contribution in [0.3, 0.4) is 0 Å². The summed E-state index contributed by atoms with van der Waals surface area (Å²) in [4.78, 5) is 12.1. The van der Waals surface area contributed by atoms with Gasteiger partial charge in [-0.3, -0.25) is 0 Å². The van der Waals surface area contributed by atoms with E-state index in [4.69, 9.17) is 4.98 Å². The summed E-state index contributed by atoms with van der Waals surface area (Å²) in [7, 11) is 0. The number of thiazole rings is 1. The monoisotopic (exact) mass is 550 g/mol. The molecule has 0 radical (unpaired) electrons. The van der Waals surface area contributed by atoms with Crippen LogP contribution in [0.1, 0.15) is 19.4 Å². The number of nitrogens with one attached hydrogen (secondary N) is 2. The van der Waals surface area contributed by atoms with Gasteiger partial charge < -0.3 is 10.2 Å². The minimum absolute atomic E-state index is 0.278. The van der Waals surface area contributed by atoms with Crippen LogP contribution in [0.25, 0.3) is 32.9 Å². The number of benzene rings is 3. The van der Waals surface area contributed by atoms with Crippen molar-refractivity contribution in [1.29, 1.82) is 0 Å². The Labute approximate surface area is 234 Å². The molecular weight excluding hydrogens is 523 g/mol. The molecule has 6 aromatic rings. The van der Waals surface area contributed by atoms with Gasteiger partial charge in [-0.15, -0.1) is 5.10 Å². The maximum absolute atomic E-state index is 13.8. The zero-order chi connectivity index (χ0) is 27.5. The number of anilines is 3. The molecule has 10 heteroatoms. The van der Waals surface area contributed by atoms with Crippen molar-refractivity contribution in [2.24, 2.45) is 5.92 Å². The Morgan fingerprint density at radius 1 is 0.925 bits per heavy atom. The van der Waals surface area contributed by atoms with Crippen LogP contribution in [0, 0.1) is 11.7 Å². The number of tetrazole rings is 1. The van der Waals surface area contributed by atoms with Crippen LogP contribution in [-0.2, 0) is 6.54 Å². The number of halogens is 1. The Morgan fingerprint density at radius 3 is 2.50 bits per heavy atom. The Hall–Kier alpha value is -4.70. The van der Waals surface area contributed by atoms with Gasteiger partial charge in [0.2, 0.25) is 0 Å². The SMILES string of the molecule is CC(C)CN(Cc1ccccc1)c1cc(Nc2nc3ccc(F)cc3s2)cc(-c2ccccc2-c2nnn[nH]2)n1. The van der Waals surface area contributed by atoms with Crippen LogP contribution in [0.5, 0.6) is 0 Å². The standard InChI is InChI=1S/C30H27FN8S/c1-19(2)17-39(18-20-8-4-3-5-9-20)28-16-22(32-30-34-25-13-12-21(31)14-27(25)40-30)15-26(33-28)23-10-6-7-11-24(23)29-35-37-38-36-29/h3-16,19H,17-18H2,1-2H3,(H,32,33,34)(H,35,36,37,38). The normalized spacial score (nSPS) is 11.3. The Kier molecular flexibility index (Phi) is 7.15. The van der Waals surface area contributed by atoms with Crippen LogP contribution in [0.4, 0.5) is 21.0 Å². The molecule has 0 amide bonds. The van der Waals surface area contributed by atoms with E-state index in [-0.39, 0.29) is 5.82 Å². The molecule has 8 nitrogen and oxygen atoms in total. The van der Waals surface area contributed by atoms with Gasteiger partial charge in [-0.1, -0.05) is 79.8 Å². The largest absolute Gasteiger partial charge is 0.352 e. The molecule has 0 aliphatic heterocycles. The van der Waals surface area contributed by atoms with E-state index >= 15 is 0 Å². The van der Waals surface area contributed by atoms with Crippen molar-refractivity contribution < 1.29 is 4.39 Å². The molecule has 0 aliphatic carbocycles. The van der Waals surface area contributed by atoms with E-state index in [1.54, 1.807) is 6.07 Å². The number of rotatable bonds is 9. The fraction of sp³-hybridized carbons (Fsp3) is 0.167. The van der Waals surface area contributed by atoms with E-state index in [9.17, 15) is 4.39 Å². The molecule has 3 aromatic carbocycles. The van der Waals surface area contributed by atoms with Crippen LogP contribution >= 0.6 is 11.3 Å². The average Bonchev–Trinajstić information content (AvgIpc) is 3.63. The van der Waals surface area contributed by atoms with Crippen molar-refractivity contribution in [3.8, 4) is 22.6 Å². The lowest BCUT2D eigenvalue weighted by Crippen LogP contribution is -2.28. The third-order valence-electron chi connectivity index (χ3n) is 6.34. The lowest BCUT2D eigenvalue weighted by atomic mass is 10.0. The lowest BCUT2D eigenvalue weighted by Gasteiger charge is -2.27. The molecule has 200 valence electrons. The van der Waals surface area contributed by atoms with Crippen LogP contribution in [0.2, 0.25) is 0 Å². The van der Waals surface area contributed by atoms with E-state index in [0.717, 1.165) is 45.1 Å². The third kappa shape index (κ3) is 5.67. The van der Waals surface area contributed by atoms with E-state index in [0.29, 0.717) is 23.4 Å². The van der Waals surface area contributed by atoms with Gasteiger partial charge in [0.1, 0.15) is 11.6 Å². The highest BCUT2D eigenvalue weighted by atomic mass is 32.1. The minimum Gasteiger partial charge on any atom is -0.352 e. The second-order valence-corrected chi connectivity index (χ2v) is 10.9. The first-order valence-electron chi connectivity index (χ1n) is 13.0. The zero-order valence-corrected chi connectivity index (χ0v) is 22.9. The summed E-state index contributed by atoms with van der Waals surface area (Å²) in [6, 6.07) is 27.0. The second kappa shape index (κ2) is 11.2. The summed E-state index contributed by atoms with van der Waals surface area (Å²) >= 11 is 1.41. The van der Waals surface area contributed by atoms with Gasteiger partial charge in [0.25, 0.3) is 0 Å². The smallest absolute Gasteiger partial charge is 0.188 e. The van der Waals surface area contributed by atoms with Crippen molar-refractivity contribution in [3.63, 3.8) is 0 Å². The minimum atomic E-state index is -0.278. The van der Waals surface area contributed by atoms with Gasteiger partial charge >= 0.3 is 0 Å². The predicted octanol–water partition coefficient (Wildman–Crippen LogP) is 7.08. The molecule has 0 atom stereocenters. The molecule has 0 fully saturated rings. The predicted molar refractivity (Wildman–Crippen MR) is 158 cm³/mol.